The van der Waals surface area contributed by atoms with Crippen LogP contribution in [0.3, 0.4) is 0 Å². The van der Waals surface area contributed by atoms with Crippen LogP contribution < -0.4 is 5.32 Å². The number of aromatic hydroxyl groups is 1. The first kappa shape index (κ1) is 18.9. The number of carbonyl (C=O) groups excluding carboxylic acids is 1. The quantitative estimate of drug-likeness (QED) is 0.524. The van der Waals surface area contributed by atoms with Gasteiger partial charge in [0.25, 0.3) is 5.91 Å². The lowest BCUT2D eigenvalue weighted by molar-refractivity contribution is 0.101. The van der Waals surface area contributed by atoms with E-state index >= 15 is 0 Å². The average Bonchev–Trinajstić information content (AvgIpc) is 3.32. The molecule has 1 aromatic heterocycles. The Kier molecular flexibility index (Phi) is 4.28. The molecule has 0 radical (unpaired) electrons. The predicted molar refractivity (Wildman–Crippen MR) is 112 cm³/mol. The van der Waals surface area contributed by atoms with Crippen molar-refractivity contribution < 1.29 is 18.7 Å². The maximum atomic E-state index is 14.8. The largest absolute Gasteiger partial charge is 0.507 e. The van der Waals surface area contributed by atoms with Crippen molar-refractivity contribution in [2.75, 3.05) is 5.32 Å². The Balaban J connectivity index is 1.49. The number of fused-ring (bicyclic) bond motifs is 2. The number of carbonyl (C=O) groups is 1. The summed E-state index contributed by atoms with van der Waals surface area (Å²) in [5.41, 5.74) is 2.78. The number of halogens is 2. The number of benzene rings is 3. The number of nitrogens with zero attached hydrogens (tertiary/aromatic N) is 3. The second kappa shape index (κ2) is 7.02. The highest BCUT2D eigenvalue weighted by molar-refractivity contribution is 6.17. The number of amides is 1. The summed E-state index contributed by atoms with van der Waals surface area (Å²) in [5, 5.41) is 16.7. The summed E-state index contributed by atoms with van der Waals surface area (Å²) in [6.07, 6.45) is 1.26. The lowest BCUT2D eigenvalue weighted by Crippen LogP contribution is -2.16. The van der Waals surface area contributed by atoms with Crippen LogP contribution in [-0.2, 0) is 13.6 Å². The number of para-hydroxylation sites is 1. The minimum atomic E-state index is -0.969. The van der Waals surface area contributed by atoms with Crippen molar-refractivity contribution in [3.63, 3.8) is 0 Å². The van der Waals surface area contributed by atoms with Gasteiger partial charge >= 0.3 is 0 Å². The molecule has 0 aliphatic carbocycles. The van der Waals surface area contributed by atoms with Gasteiger partial charge in [0.05, 0.1) is 29.4 Å². The molecule has 4 aromatic rings. The first-order chi connectivity index (χ1) is 14.9. The van der Waals surface area contributed by atoms with E-state index in [1.807, 2.05) is 0 Å². The molecular formula is C23H16F2N4O2. The van der Waals surface area contributed by atoms with Crippen molar-refractivity contribution in [2.24, 2.45) is 12.0 Å². The van der Waals surface area contributed by atoms with Gasteiger partial charge in [0.15, 0.2) is 0 Å². The second-order valence-electron chi connectivity index (χ2n) is 7.26. The zero-order valence-electron chi connectivity index (χ0n) is 16.4. The molecule has 31 heavy (non-hydrogen) atoms. The molecule has 2 N–H and O–H groups in total. The Hall–Kier alpha value is -4.07. The number of aromatic nitrogens is 2. The monoisotopic (exact) mass is 418 g/mol. The van der Waals surface area contributed by atoms with Crippen LogP contribution >= 0.6 is 0 Å². The Morgan fingerprint density at radius 1 is 1.13 bits per heavy atom. The van der Waals surface area contributed by atoms with E-state index in [1.165, 1.54) is 10.9 Å². The molecule has 1 aliphatic rings. The minimum absolute atomic E-state index is 0.0666. The molecule has 3 aromatic carbocycles. The van der Waals surface area contributed by atoms with E-state index in [0.29, 0.717) is 23.5 Å². The number of hydrogen-bond acceptors (Lipinski definition) is 4. The van der Waals surface area contributed by atoms with Gasteiger partial charge in [0.1, 0.15) is 22.9 Å². The maximum Gasteiger partial charge on any atom is 0.261 e. The maximum absolute atomic E-state index is 14.8. The predicted octanol–water partition coefficient (Wildman–Crippen LogP) is 4.16. The topological polar surface area (TPSA) is 79.5 Å². The van der Waals surface area contributed by atoms with Crippen molar-refractivity contribution in [1.82, 2.24) is 9.78 Å². The molecule has 1 amide bonds. The lowest BCUT2D eigenvalue weighted by Gasteiger charge is -2.11. The fourth-order valence-corrected chi connectivity index (χ4v) is 3.79. The smallest absolute Gasteiger partial charge is 0.261 e. The molecule has 0 saturated heterocycles. The van der Waals surface area contributed by atoms with Crippen molar-refractivity contribution in [1.29, 1.82) is 0 Å². The Morgan fingerprint density at radius 3 is 2.74 bits per heavy atom. The van der Waals surface area contributed by atoms with Gasteiger partial charge in [-0.05, 0) is 29.8 Å². The van der Waals surface area contributed by atoms with Crippen LogP contribution in [0, 0.1) is 11.6 Å². The molecule has 6 nitrogen and oxygen atoms in total. The SMILES string of the molecule is Cn1ncc2c(F)c(C(=O)Nc3ccc4c(c3)C(c3ccccc3O)=NC4)c(F)cc21. The summed E-state index contributed by atoms with van der Waals surface area (Å²) >= 11 is 0. The van der Waals surface area contributed by atoms with Crippen molar-refractivity contribution >= 4 is 28.2 Å². The van der Waals surface area contributed by atoms with E-state index in [0.717, 1.165) is 17.2 Å². The normalized spacial score (nSPS) is 12.7. The summed E-state index contributed by atoms with van der Waals surface area (Å²) in [6, 6.07) is 13.0. The van der Waals surface area contributed by atoms with E-state index in [9.17, 15) is 18.7 Å². The van der Waals surface area contributed by atoms with E-state index in [2.05, 4.69) is 15.4 Å². The third-order valence-electron chi connectivity index (χ3n) is 5.36. The molecule has 0 fully saturated rings. The standard InChI is InChI=1S/C23H16F2N4O2/c1-29-18-9-17(24)20(21(25)16(18)11-27-29)23(31)28-13-7-6-12-10-26-22(15(12)8-13)14-4-2-3-5-19(14)30/h2-9,11,30H,10H2,1H3,(H,28,31). The van der Waals surface area contributed by atoms with Gasteiger partial charge in [0, 0.05) is 29.9 Å². The third kappa shape index (κ3) is 3.04. The first-order valence-electron chi connectivity index (χ1n) is 9.51. The zero-order chi connectivity index (χ0) is 21.7. The highest BCUT2D eigenvalue weighted by Crippen LogP contribution is 2.30. The summed E-state index contributed by atoms with van der Waals surface area (Å²) in [6.45, 7) is 0.439. The summed E-state index contributed by atoms with van der Waals surface area (Å²) in [4.78, 5) is 17.2. The number of hydrogen-bond donors (Lipinski definition) is 2. The molecule has 0 spiro atoms. The molecule has 0 atom stereocenters. The van der Waals surface area contributed by atoms with Crippen LogP contribution in [0.4, 0.5) is 14.5 Å². The van der Waals surface area contributed by atoms with Crippen molar-refractivity contribution in [2.45, 2.75) is 6.54 Å². The number of aliphatic imine (C=N–C) groups is 1. The molecule has 0 bridgehead atoms. The van der Waals surface area contributed by atoms with Gasteiger partial charge in [-0.15, -0.1) is 0 Å². The van der Waals surface area contributed by atoms with E-state index in [4.69, 9.17) is 0 Å². The number of aryl methyl sites for hydroxylation is 1. The van der Waals surface area contributed by atoms with Gasteiger partial charge in [-0.2, -0.15) is 5.10 Å². The minimum Gasteiger partial charge on any atom is -0.507 e. The number of phenols is 1. The molecule has 2 heterocycles. The van der Waals surface area contributed by atoms with Crippen LogP contribution in [0.15, 0.2) is 59.7 Å². The summed E-state index contributed by atoms with van der Waals surface area (Å²) in [5.74, 6) is -2.74. The fraction of sp³-hybridized carbons (Fsp3) is 0.0870. The van der Waals surface area contributed by atoms with Crippen LogP contribution in [0.25, 0.3) is 10.9 Å². The molecule has 1 aliphatic heterocycles. The lowest BCUT2D eigenvalue weighted by atomic mass is 9.99. The van der Waals surface area contributed by atoms with Crippen molar-refractivity contribution in [3.05, 3.63) is 88.6 Å². The van der Waals surface area contributed by atoms with Crippen LogP contribution in [0.1, 0.15) is 27.0 Å². The van der Waals surface area contributed by atoms with Crippen LogP contribution in [0.5, 0.6) is 5.75 Å². The molecule has 0 unspecified atom stereocenters. The Bertz CT molecular complexity index is 1410. The van der Waals surface area contributed by atoms with Crippen molar-refractivity contribution in [3.8, 4) is 5.75 Å². The van der Waals surface area contributed by atoms with E-state index in [1.54, 1.807) is 49.5 Å². The van der Waals surface area contributed by atoms with Gasteiger partial charge in [-0.25, -0.2) is 8.78 Å². The van der Waals surface area contributed by atoms with E-state index in [-0.39, 0.29) is 16.7 Å². The number of nitrogens with one attached hydrogen (secondary N) is 1. The molecule has 5 rings (SSSR count). The molecular weight excluding hydrogens is 402 g/mol. The zero-order valence-corrected chi connectivity index (χ0v) is 16.4. The second-order valence-corrected chi connectivity index (χ2v) is 7.26. The highest BCUT2D eigenvalue weighted by Gasteiger charge is 2.24. The molecule has 0 saturated carbocycles. The number of rotatable bonds is 3. The molecule has 154 valence electrons. The fourth-order valence-electron chi connectivity index (χ4n) is 3.79. The average molecular weight is 418 g/mol. The molecule has 8 heteroatoms. The Morgan fingerprint density at radius 2 is 1.94 bits per heavy atom. The van der Waals surface area contributed by atoms with Gasteiger partial charge < -0.3 is 10.4 Å². The van der Waals surface area contributed by atoms with E-state index < -0.39 is 23.1 Å². The summed E-state index contributed by atoms with van der Waals surface area (Å²) in [7, 11) is 1.56. The van der Waals surface area contributed by atoms with Gasteiger partial charge in [-0.3, -0.25) is 14.5 Å². The first-order valence-corrected chi connectivity index (χ1v) is 9.51. The van der Waals surface area contributed by atoms with Gasteiger partial charge in [-0.1, -0.05) is 18.2 Å². The summed E-state index contributed by atoms with van der Waals surface area (Å²) < 4.78 is 30.7. The van der Waals surface area contributed by atoms with Gasteiger partial charge in [0.2, 0.25) is 0 Å². The Labute approximate surface area is 175 Å². The third-order valence-corrected chi connectivity index (χ3v) is 5.36. The number of phenolic OH excluding ortho intramolecular Hbond substituents is 1. The number of anilines is 1. The van der Waals surface area contributed by atoms with Crippen LogP contribution in [0.2, 0.25) is 0 Å². The van der Waals surface area contributed by atoms with Crippen LogP contribution in [-0.4, -0.2) is 26.5 Å². The highest BCUT2D eigenvalue weighted by atomic mass is 19.1.